The van der Waals surface area contributed by atoms with Crippen molar-refractivity contribution in [3.8, 4) is 5.75 Å². The molecule has 3 aromatic rings. The van der Waals surface area contributed by atoms with Gasteiger partial charge in [0.25, 0.3) is 5.91 Å². The molecule has 1 aromatic heterocycles. The van der Waals surface area contributed by atoms with Gasteiger partial charge in [0, 0.05) is 30.9 Å². The summed E-state index contributed by atoms with van der Waals surface area (Å²) in [5.74, 6) is 0.161. The van der Waals surface area contributed by atoms with E-state index in [1.807, 2.05) is 53.4 Å². The number of amides is 2. The maximum Gasteiger partial charge on any atom is 0.252 e. The van der Waals surface area contributed by atoms with E-state index in [1.165, 1.54) is 0 Å². The molecule has 1 aliphatic heterocycles. The normalized spacial score (nSPS) is 16.2. The van der Waals surface area contributed by atoms with E-state index in [0.717, 1.165) is 11.1 Å². The van der Waals surface area contributed by atoms with Crippen LogP contribution in [0.15, 0.2) is 91.3 Å². The molecule has 0 saturated heterocycles. The van der Waals surface area contributed by atoms with E-state index in [4.69, 9.17) is 4.74 Å². The monoisotopic (exact) mass is 441 g/mol. The van der Waals surface area contributed by atoms with Gasteiger partial charge in [-0.2, -0.15) is 0 Å². The van der Waals surface area contributed by atoms with Crippen molar-refractivity contribution in [3.63, 3.8) is 0 Å². The van der Waals surface area contributed by atoms with Crippen LogP contribution >= 0.6 is 0 Å². The third-order valence-corrected chi connectivity index (χ3v) is 5.77. The summed E-state index contributed by atoms with van der Waals surface area (Å²) < 4.78 is 5.24. The predicted octanol–water partition coefficient (Wildman–Crippen LogP) is 3.96. The molecule has 1 unspecified atom stereocenters. The van der Waals surface area contributed by atoms with Crippen molar-refractivity contribution in [3.05, 3.63) is 108 Å². The average Bonchev–Trinajstić information content (AvgIpc) is 2.89. The van der Waals surface area contributed by atoms with E-state index in [-0.39, 0.29) is 17.9 Å². The minimum Gasteiger partial charge on any atom is -0.497 e. The number of nitrogens with one attached hydrogen (secondary N) is 1. The van der Waals surface area contributed by atoms with E-state index < -0.39 is 6.04 Å². The Hall–Kier alpha value is -3.93. The van der Waals surface area contributed by atoms with Gasteiger partial charge in [-0.25, -0.2) is 0 Å². The SMILES string of the molecule is COc1cccc(C(=O)N[C@@H](Cc2ccccc2)C(=O)N2CC=CCC2c2cccnc2)c1. The van der Waals surface area contributed by atoms with E-state index in [2.05, 4.69) is 16.4 Å². The second-order valence-electron chi connectivity index (χ2n) is 7.95. The molecule has 168 valence electrons. The van der Waals surface area contributed by atoms with Gasteiger partial charge >= 0.3 is 0 Å². The first-order chi connectivity index (χ1) is 16.2. The van der Waals surface area contributed by atoms with E-state index >= 15 is 0 Å². The molecule has 1 N–H and O–H groups in total. The molecule has 0 aliphatic carbocycles. The fraction of sp³-hybridized carbons (Fsp3) is 0.222. The van der Waals surface area contributed by atoms with Crippen LogP contribution in [-0.2, 0) is 11.2 Å². The quantitative estimate of drug-likeness (QED) is 0.564. The van der Waals surface area contributed by atoms with Crippen molar-refractivity contribution >= 4 is 11.8 Å². The zero-order valence-electron chi connectivity index (χ0n) is 18.6. The van der Waals surface area contributed by atoms with Gasteiger partial charge < -0.3 is 15.0 Å². The lowest BCUT2D eigenvalue weighted by Crippen LogP contribution is -2.51. The minimum absolute atomic E-state index is 0.117. The first-order valence-corrected chi connectivity index (χ1v) is 11.0. The number of benzene rings is 2. The molecule has 4 rings (SSSR count). The molecule has 0 fully saturated rings. The van der Waals surface area contributed by atoms with E-state index in [9.17, 15) is 9.59 Å². The summed E-state index contributed by atoms with van der Waals surface area (Å²) in [6, 6.07) is 19.7. The predicted molar refractivity (Wildman–Crippen MR) is 127 cm³/mol. The molecule has 2 amide bonds. The van der Waals surface area contributed by atoms with Gasteiger partial charge in [-0.1, -0.05) is 54.6 Å². The standard InChI is InChI=1S/C27H27N3O3/c1-33-23-13-7-11-21(18-23)26(31)29-24(17-20-9-3-2-4-10-20)27(32)30-16-6-5-14-25(30)22-12-8-15-28-19-22/h2-13,15,18-19,24-25H,14,16-17H2,1H3,(H,29,31)/t24-,25?/m0/s1. The number of ether oxygens (including phenoxy) is 1. The molecule has 0 bridgehead atoms. The van der Waals surface area contributed by atoms with Crippen LogP contribution in [0.5, 0.6) is 5.75 Å². The van der Waals surface area contributed by atoms with Crippen LogP contribution in [0.3, 0.4) is 0 Å². The summed E-state index contributed by atoms with van der Waals surface area (Å²) in [7, 11) is 1.56. The lowest BCUT2D eigenvalue weighted by molar-refractivity contribution is -0.135. The molecule has 2 aromatic carbocycles. The van der Waals surface area contributed by atoms with Crippen LogP contribution in [0, 0.1) is 0 Å². The van der Waals surface area contributed by atoms with Gasteiger partial charge in [0.15, 0.2) is 0 Å². The van der Waals surface area contributed by atoms with Crippen molar-refractivity contribution in [2.75, 3.05) is 13.7 Å². The Bertz CT molecular complexity index is 1120. The number of hydrogen-bond donors (Lipinski definition) is 1. The molecule has 0 radical (unpaired) electrons. The molecule has 0 saturated carbocycles. The molecule has 33 heavy (non-hydrogen) atoms. The van der Waals surface area contributed by atoms with Crippen molar-refractivity contribution < 1.29 is 14.3 Å². The van der Waals surface area contributed by atoms with Crippen LogP contribution in [-0.4, -0.2) is 41.4 Å². The summed E-state index contributed by atoms with van der Waals surface area (Å²) in [6.07, 6.45) is 8.71. The van der Waals surface area contributed by atoms with Gasteiger partial charge in [0.2, 0.25) is 5.91 Å². The third kappa shape index (κ3) is 5.47. The highest BCUT2D eigenvalue weighted by Gasteiger charge is 2.32. The highest BCUT2D eigenvalue weighted by Crippen LogP contribution is 2.28. The van der Waals surface area contributed by atoms with Crippen LogP contribution in [0.25, 0.3) is 0 Å². The van der Waals surface area contributed by atoms with E-state index in [1.54, 1.807) is 43.8 Å². The summed E-state index contributed by atoms with van der Waals surface area (Å²) >= 11 is 0. The van der Waals surface area contributed by atoms with Crippen LogP contribution < -0.4 is 10.1 Å². The summed E-state index contributed by atoms with van der Waals surface area (Å²) in [5, 5.41) is 2.98. The van der Waals surface area contributed by atoms with Crippen LogP contribution in [0.2, 0.25) is 0 Å². The Morgan fingerprint density at radius 2 is 1.94 bits per heavy atom. The Labute approximate surface area is 193 Å². The second-order valence-corrected chi connectivity index (χ2v) is 7.95. The summed E-state index contributed by atoms with van der Waals surface area (Å²) in [5.41, 5.74) is 2.41. The highest BCUT2D eigenvalue weighted by molar-refractivity contribution is 5.98. The number of aromatic nitrogens is 1. The van der Waals surface area contributed by atoms with Crippen molar-refractivity contribution in [2.24, 2.45) is 0 Å². The summed E-state index contributed by atoms with van der Waals surface area (Å²) in [6.45, 7) is 0.485. The van der Waals surface area contributed by atoms with Gasteiger partial charge in [0.1, 0.15) is 11.8 Å². The highest BCUT2D eigenvalue weighted by atomic mass is 16.5. The number of nitrogens with zero attached hydrogens (tertiary/aromatic N) is 2. The van der Waals surface area contributed by atoms with Gasteiger partial charge in [-0.05, 0) is 41.8 Å². The smallest absolute Gasteiger partial charge is 0.252 e. The topological polar surface area (TPSA) is 71.5 Å². The van der Waals surface area contributed by atoms with E-state index in [0.29, 0.717) is 30.7 Å². The Morgan fingerprint density at radius 1 is 1.09 bits per heavy atom. The number of carbonyl (C=O) groups excluding carboxylic acids is 2. The van der Waals surface area contributed by atoms with Gasteiger partial charge in [-0.3, -0.25) is 14.6 Å². The lowest BCUT2D eigenvalue weighted by atomic mass is 9.97. The fourth-order valence-electron chi connectivity index (χ4n) is 4.06. The van der Waals surface area contributed by atoms with Crippen molar-refractivity contribution in [1.29, 1.82) is 0 Å². The van der Waals surface area contributed by atoms with Crippen LogP contribution in [0.1, 0.15) is 33.9 Å². The molecule has 6 nitrogen and oxygen atoms in total. The first kappa shape index (κ1) is 22.3. The second kappa shape index (κ2) is 10.6. The largest absolute Gasteiger partial charge is 0.497 e. The number of methoxy groups -OCH3 is 1. The molecule has 2 heterocycles. The number of carbonyl (C=O) groups is 2. The number of pyridine rings is 1. The zero-order valence-corrected chi connectivity index (χ0v) is 18.6. The Kier molecular flexibility index (Phi) is 7.15. The maximum atomic E-state index is 13.8. The molecule has 2 atom stereocenters. The first-order valence-electron chi connectivity index (χ1n) is 11.0. The molecule has 1 aliphatic rings. The Balaban J connectivity index is 1.61. The minimum atomic E-state index is -0.711. The molecular formula is C27H27N3O3. The summed E-state index contributed by atoms with van der Waals surface area (Å²) in [4.78, 5) is 33.0. The molecule has 0 spiro atoms. The fourth-order valence-corrected chi connectivity index (χ4v) is 4.06. The maximum absolute atomic E-state index is 13.8. The Morgan fingerprint density at radius 3 is 2.70 bits per heavy atom. The van der Waals surface area contributed by atoms with Crippen molar-refractivity contribution in [1.82, 2.24) is 15.2 Å². The number of hydrogen-bond acceptors (Lipinski definition) is 4. The number of rotatable bonds is 7. The van der Waals surface area contributed by atoms with Crippen LogP contribution in [0.4, 0.5) is 0 Å². The van der Waals surface area contributed by atoms with Gasteiger partial charge in [0.05, 0.1) is 13.2 Å². The molecule has 6 heteroatoms. The lowest BCUT2D eigenvalue weighted by Gasteiger charge is -2.36. The third-order valence-electron chi connectivity index (χ3n) is 5.77. The zero-order chi connectivity index (χ0) is 23.0. The molecular weight excluding hydrogens is 414 g/mol. The average molecular weight is 442 g/mol. The van der Waals surface area contributed by atoms with Crippen molar-refractivity contribution in [2.45, 2.75) is 24.9 Å². The van der Waals surface area contributed by atoms with Gasteiger partial charge in [-0.15, -0.1) is 0 Å².